The van der Waals surface area contributed by atoms with Crippen molar-refractivity contribution in [1.82, 2.24) is 0 Å². The van der Waals surface area contributed by atoms with E-state index < -0.39 is 17.5 Å². The van der Waals surface area contributed by atoms with Crippen LogP contribution in [-0.4, -0.2) is 6.54 Å². The van der Waals surface area contributed by atoms with Crippen molar-refractivity contribution < 1.29 is 17.9 Å². The van der Waals surface area contributed by atoms with Gasteiger partial charge in [-0.3, -0.25) is 0 Å². The molecular weight excluding hydrogens is 255 g/mol. The average Bonchev–Trinajstić information content (AvgIpc) is 2.38. The van der Waals surface area contributed by atoms with E-state index >= 15 is 0 Å². The molecule has 2 nitrogen and oxygen atoms in total. The molecule has 19 heavy (non-hydrogen) atoms. The SMILES string of the molecule is NCCc1c(F)cccc1Oc1cc(F)ccc1F. The summed E-state index contributed by atoms with van der Waals surface area (Å²) >= 11 is 0. The summed E-state index contributed by atoms with van der Waals surface area (Å²) in [6, 6.07) is 7.02. The second-order valence-corrected chi connectivity index (χ2v) is 3.93. The van der Waals surface area contributed by atoms with Gasteiger partial charge in [-0.25, -0.2) is 13.2 Å². The zero-order valence-electron chi connectivity index (χ0n) is 10.00. The molecule has 2 aromatic carbocycles. The first-order valence-electron chi connectivity index (χ1n) is 5.72. The summed E-state index contributed by atoms with van der Waals surface area (Å²) in [5.74, 6) is -1.99. The molecule has 2 N–H and O–H groups in total. The number of nitrogens with two attached hydrogens (primary N) is 1. The Morgan fingerprint density at radius 1 is 0.947 bits per heavy atom. The molecule has 5 heteroatoms. The Bertz CT molecular complexity index is 587. The first-order chi connectivity index (χ1) is 9.11. The van der Waals surface area contributed by atoms with Crippen LogP contribution in [0.1, 0.15) is 5.56 Å². The number of hydrogen-bond acceptors (Lipinski definition) is 2. The van der Waals surface area contributed by atoms with E-state index in [-0.39, 0.29) is 30.0 Å². The van der Waals surface area contributed by atoms with Gasteiger partial charge in [0.15, 0.2) is 11.6 Å². The Morgan fingerprint density at radius 3 is 2.47 bits per heavy atom. The molecule has 0 aliphatic rings. The van der Waals surface area contributed by atoms with Crippen molar-refractivity contribution in [3.8, 4) is 11.5 Å². The van der Waals surface area contributed by atoms with Crippen LogP contribution in [0.4, 0.5) is 13.2 Å². The van der Waals surface area contributed by atoms with Crippen LogP contribution in [-0.2, 0) is 6.42 Å². The van der Waals surface area contributed by atoms with Crippen LogP contribution in [0, 0.1) is 17.5 Å². The van der Waals surface area contributed by atoms with Crippen molar-refractivity contribution >= 4 is 0 Å². The van der Waals surface area contributed by atoms with Gasteiger partial charge in [-0.2, -0.15) is 0 Å². The molecule has 0 heterocycles. The van der Waals surface area contributed by atoms with Gasteiger partial charge in [0.2, 0.25) is 0 Å². The molecule has 2 rings (SSSR count). The van der Waals surface area contributed by atoms with Gasteiger partial charge in [0.05, 0.1) is 0 Å². The normalized spacial score (nSPS) is 10.5. The van der Waals surface area contributed by atoms with Crippen molar-refractivity contribution in [1.29, 1.82) is 0 Å². The zero-order valence-corrected chi connectivity index (χ0v) is 10.00. The predicted octanol–water partition coefficient (Wildman–Crippen LogP) is 3.40. The summed E-state index contributed by atoms with van der Waals surface area (Å²) in [5.41, 5.74) is 5.63. The highest BCUT2D eigenvalue weighted by Gasteiger charge is 2.12. The summed E-state index contributed by atoms with van der Waals surface area (Å²) in [6.45, 7) is 0.225. The Hall–Kier alpha value is -2.01. The van der Waals surface area contributed by atoms with Crippen LogP contribution in [0.25, 0.3) is 0 Å². The maximum absolute atomic E-state index is 13.6. The van der Waals surface area contributed by atoms with E-state index in [0.29, 0.717) is 0 Å². The fourth-order valence-electron chi connectivity index (χ4n) is 1.70. The van der Waals surface area contributed by atoms with Crippen molar-refractivity contribution in [2.45, 2.75) is 6.42 Å². The molecule has 0 radical (unpaired) electrons. The van der Waals surface area contributed by atoms with Crippen molar-refractivity contribution in [2.24, 2.45) is 5.73 Å². The number of rotatable bonds is 4. The zero-order chi connectivity index (χ0) is 13.8. The molecule has 100 valence electrons. The molecule has 0 fully saturated rings. The number of halogens is 3. The third-order valence-electron chi connectivity index (χ3n) is 2.58. The first kappa shape index (κ1) is 13.4. The van der Waals surface area contributed by atoms with E-state index in [2.05, 4.69) is 0 Å². The predicted molar refractivity (Wildman–Crippen MR) is 65.6 cm³/mol. The lowest BCUT2D eigenvalue weighted by atomic mass is 10.1. The van der Waals surface area contributed by atoms with Crippen LogP contribution in [0.2, 0.25) is 0 Å². The highest BCUT2D eigenvalue weighted by molar-refractivity contribution is 5.39. The van der Waals surface area contributed by atoms with E-state index in [1.165, 1.54) is 18.2 Å². The summed E-state index contributed by atoms with van der Waals surface area (Å²) in [5, 5.41) is 0. The molecule has 0 aromatic heterocycles. The van der Waals surface area contributed by atoms with E-state index in [9.17, 15) is 13.2 Å². The minimum Gasteiger partial charge on any atom is -0.454 e. The van der Waals surface area contributed by atoms with Gasteiger partial charge < -0.3 is 10.5 Å². The maximum atomic E-state index is 13.6. The average molecular weight is 267 g/mol. The van der Waals surface area contributed by atoms with Crippen LogP contribution in [0.5, 0.6) is 11.5 Å². The van der Waals surface area contributed by atoms with Gasteiger partial charge in [0.1, 0.15) is 17.4 Å². The highest BCUT2D eigenvalue weighted by Crippen LogP contribution is 2.29. The topological polar surface area (TPSA) is 35.2 Å². The second-order valence-electron chi connectivity index (χ2n) is 3.93. The summed E-state index contributed by atoms with van der Waals surface area (Å²) in [6.07, 6.45) is 0.249. The molecule has 0 saturated carbocycles. The summed E-state index contributed by atoms with van der Waals surface area (Å²) in [4.78, 5) is 0. The Balaban J connectivity index is 2.37. The molecule has 2 aromatic rings. The quantitative estimate of drug-likeness (QED) is 0.921. The maximum Gasteiger partial charge on any atom is 0.165 e. The third-order valence-corrected chi connectivity index (χ3v) is 2.58. The number of hydrogen-bond donors (Lipinski definition) is 1. The third kappa shape index (κ3) is 3.06. The molecule has 0 aliphatic carbocycles. The highest BCUT2D eigenvalue weighted by atomic mass is 19.1. The summed E-state index contributed by atoms with van der Waals surface area (Å²) in [7, 11) is 0. The molecule has 0 bridgehead atoms. The smallest absolute Gasteiger partial charge is 0.165 e. The lowest BCUT2D eigenvalue weighted by molar-refractivity contribution is 0.427. The van der Waals surface area contributed by atoms with Crippen molar-refractivity contribution in [2.75, 3.05) is 6.54 Å². The van der Waals surface area contributed by atoms with Crippen LogP contribution >= 0.6 is 0 Å². The lowest BCUT2D eigenvalue weighted by Gasteiger charge is -2.12. The molecule has 0 amide bonds. The molecule has 0 saturated heterocycles. The van der Waals surface area contributed by atoms with E-state index in [4.69, 9.17) is 10.5 Å². The minimum absolute atomic E-state index is 0.134. The van der Waals surface area contributed by atoms with Crippen LogP contribution < -0.4 is 10.5 Å². The first-order valence-corrected chi connectivity index (χ1v) is 5.72. The molecular formula is C14H12F3NO. The van der Waals surface area contributed by atoms with Gasteiger partial charge in [0.25, 0.3) is 0 Å². The Labute approximate surface area is 108 Å². The van der Waals surface area contributed by atoms with Gasteiger partial charge in [0, 0.05) is 11.6 Å². The Morgan fingerprint density at radius 2 is 1.74 bits per heavy atom. The number of benzene rings is 2. The molecule has 0 unspecified atom stereocenters. The van der Waals surface area contributed by atoms with E-state index in [1.807, 2.05) is 0 Å². The van der Waals surface area contributed by atoms with E-state index in [1.54, 1.807) is 0 Å². The van der Waals surface area contributed by atoms with Gasteiger partial charge in [-0.1, -0.05) is 6.07 Å². The number of ether oxygens (including phenoxy) is 1. The van der Waals surface area contributed by atoms with Crippen LogP contribution in [0.3, 0.4) is 0 Å². The Kier molecular flexibility index (Phi) is 4.06. The van der Waals surface area contributed by atoms with Crippen molar-refractivity contribution in [3.63, 3.8) is 0 Å². The van der Waals surface area contributed by atoms with Gasteiger partial charge in [-0.15, -0.1) is 0 Å². The van der Waals surface area contributed by atoms with Crippen LogP contribution in [0.15, 0.2) is 36.4 Å². The lowest BCUT2D eigenvalue weighted by Crippen LogP contribution is -2.06. The molecule has 0 atom stereocenters. The molecule has 0 aliphatic heterocycles. The fourth-order valence-corrected chi connectivity index (χ4v) is 1.70. The van der Waals surface area contributed by atoms with E-state index in [0.717, 1.165) is 18.2 Å². The monoisotopic (exact) mass is 267 g/mol. The summed E-state index contributed by atoms with van der Waals surface area (Å²) < 4.78 is 45.4. The fraction of sp³-hybridized carbons (Fsp3) is 0.143. The standard InChI is InChI=1S/C14H12F3NO/c15-9-4-5-12(17)14(8-9)19-13-3-1-2-11(16)10(13)6-7-18/h1-5,8H,6-7,18H2. The minimum atomic E-state index is -0.718. The largest absolute Gasteiger partial charge is 0.454 e. The van der Waals surface area contributed by atoms with Gasteiger partial charge >= 0.3 is 0 Å². The van der Waals surface area contributed by atoms with Crippen molar-refractivity contribution in [3.05, 3.63) is 59.4 Å². The second kappa shape index (κ2) is 5.75. The molecule has 0 spiro atoms. The van der Waals surface area contributed by atoms with Gasteiger partial charge in [-0.05, 0) is 37.2 Å².